The van der Waals surface area contributed by atoms with Crippen LogP contribution in [0, 0.1) is 0 Å². The quantitative estimate of drug-likeness (QED) is 0.798. The minimum absolute atomic E-state index is 0.00802. The minimum Gasteiger partial charge on any atom is -0.352 e. The molecule has 1 aromatic carbocycles. The SMILES string of the molecule is O=C(NCCc1cccnc1)c1csc2ccccc12. The number of carbonyl (C=O) groups excluding carboxylic acids is 1. The summed E-state index contributed by atoms with van der Waals surface area (Å²) in [6.07, 6.45) is 4.37. The maximum atomic E-state index is 12.2. The average Bonchev–Trinajstić information content (AvgIpc) is 2.92. The number of benzene rings is 1. The van der Waals surface area contributed by atoms with Crippen molar-refractivity contribution in [1.29, 1.82) is 0 Å². The molecule has 1 N–H and O–H groups in total. The van der Waals surface area contributed by atoms with Gasteiger partial charge in [-0.05, 0) is 24.1 Å². The van der Waals surface area contributed by atoms with Crippen molar-refractivity contribution >= 4 is 27.3 Å². The van der Waals surface area contributed by atoms with Crippen molar-refractivity contribution in [2.24, 2.45) is 0 Å². The van der Waals surface area contributed by atoms with Crippen LogP contribution in [0.5, 0.6) is 0 Å². The van der Waals surface area contributed by atoms with E-state index in [1.54, 1.807) is 17.5 Å². The first-order valence-electron chi connectivity index (χ1n) is 6.48. The highest BCUT2D eigenvalue weighted by Gasteiger charge is 2.10. The van der Waals surface area contributed by atoms with Crippen molar-refractivity contribution < 1.29 is 4.79 Å². The van der Waals surface area contributed by atoms with E-state index in [1.165, 1.54) is 0 Å². The third-order valence-corrected chi connectivity index (χ3v) is 4.11. The van der Waals surface area contributed by atoms with E-state index in [4.69, 9.17) is 0 Å². The summed E-state index contributed by atoms with van der Waals surface area (Å²) in [6.45, 7) is 0.620. The van der Waals surface area contributed by atoms with Crippen molar-refractivity contribution in [1.82, 2.24) is 10.3 Å². The molecule has 3 rings (SSSR count). The van der Waals surface area contributed by atoms with Crippen LogP contribution < -0.4 is 5.32 Å². The van der Waals surface area contributed by atoms with E-state index in [-0.39, 0.29) is 5.91 Å². The molecule has 3 aromatic rings. The fourth-order valence-corrected chi connectivity index (χ4v) is 3.06. The van der Waals surface area contributed by atoms with Crippen LogP contribution in [0.4, 0.5) is 0 Å². The Morgan fingerprint density at radius 2 is 2.10 bits per heavy atom. The highest BCUT2D eigenvalue weighted by atomic mass is 32.1. The minimum atomic E-state index is -0.00802. The van der Waals surface area contributed by atoms with E-state index >= 15 is 0 Å². The van der Waals surface area contributed by atoms with Gasteiger partial charge in [0, 0.05) is 34.4 Å². The van der Waals surface area contributed by atoms with Crippen molar-refractivity contribution in [3.05, 3.63) is 65.3 Å². The summed E-state index contributed by atoms with van der Waals surface area (Å²) in [4.78, 5) is 16.3. The molecule has 0 saturated heterocycles. The van der Waals surface area contributed by atoms with Gasteiger partial charge in [-0.25, -0.2) is 0 Å². The van der Waals surface area contributed by atoms with Crippen molar-refractivity contribution in [2.75, 3.05) is 6.54 Å². The van der Waals surface area contributed by atoms with Crippen LogP contribution in [0.15, 0.2) is 54.2 Å². The maximum absolute atomic E-state index is 12.2. The maximum Gasteiger partial charge on any atom is 0.252 e. The lowest BCUT2D eigenvalue weighted by molar-refractivity contribution is 0.0956. The number of hydrogen-bond acceptors (Lipinski definition) is 3. The normalized spacial score (nSPS) is 10.6. The second kappa shape index (κ2) is 5.84. The van der Waals surface area contributed by atoms with E-state index in [1.807, 2.05) is 48.0 Å². The number of aromatic nitrogens is 1. The van der Waals surface area contributed by atoms with Crippen molar-refractivity contribution in [2.45, 2.75) is 6.42 Å². The fraction of sp³-hybridized carbons (Fsp3) is 0.125. The van der Waals surface area contributed by atoms with Crippen LogP contribution in [-0.4, -0.2) is 17.4 Å². The number of pyridine rings is 1. The van der Waals surface area contributed by atoms with Crippen molar-refractivity contribution in [3.8, 4) is 0 Å². The molecule has 0 saturated carbocycles. The van der Waals surface area contributed by atoms with Gasteiger partial charge in [0.15, 0.2) is 0 Å². The second-order valence-electron chi connectivity index (χ2n) is 4.51. The molecule has 0 bridgehead atoms. The molecule has 0 aliphatic heterocycles. The van der Waals surface area contributed by atoms with E-state index in [0.29, 0.717) is 6.54 Å². The Labute approximate surface area is 121 Å². The second-order valence-corrected chi connectivity index (χ2v) is 5.42. The molecule has 3 nitrogen and oxygen atoms in total. The Morgan fingerprint density at radius 1 is 1.20 bits per heavy atom. The van der Waals surface area contributed by atoms with E-state index < -0.39 is 0 Å². The number of nitrogens with one attached hydrogen (secondary N) is 1. The fourth-order valence-electron chi connectivity index (χ4n) is 2.12. The summed E-state index contributed by atoms with van der Waals surface area (Å²) in [6, 6.07) is 11.9. The van der Waals surface area contributed by atoms with E-state index in [0.717, 1.165) is 27.6 Å². The largest absolute Gasteiger partial charge is 0.352 e. The summed E-state index contributed by atoms with van der Waals surface area (Å²) in [7, 11) is 0. The van der Waals surface area contributed by atoms with Gasteiger partial charge in [-0.1, -0.05) is 24.3 Å². The number of thiophene rings is 1. The molecule has 2 aromatic heterocycles. The number of amides is 1. The third-order valence-electron chi connectivity index (χ3n) is 3.15. The van der Waals surface area contributed by atoms with E-state index in [2.05, 4.69) is 10.3 Å². The lowest BCUT2D eigenvalue weighted by Gasteiger charge is -2.04. The van der Waals surface area contributed by atoms with Crippen molar-refractivity contribution in [3.63, 3.8) is 0 Å². The lowest BCUT2D eigenvalue weighted by atomic mass is 10.1. The molecule has 4 heteroatoms. The molecule has 0 unspecified atom stereocenters. The van der Waals surface area contributed by atoms with Gasteiger partial charge >= 0.3 is 0 Å². The first kappa shape index (κ1) is 12.8. The Balaban J connectivity index is 1.65. The molecule has 100 valence electrons. The van der Waals surface area contributed by atoms with Gasteiger partial charge < -0.3 is 5.32 Å². The van der Waals surface area contributed by atoms with E-state index in [9.17, 15) is 4.79 Å². The third kappa shape index (κ3) is 2.70. The van der Waals surface area contributed by atoms with Gasteiger partial charge in [0.25, 0.3) is 5.91 Å². The number of carbonyl (C=O) groups is 1. The zero-order valence-electron chi connectivity index (χ0n) is 10.9. The summed E-state index contributed by atoms with van der Waals surface area (Å²) in [5.41, 5.74) is 1.89. The van der Waals surface area contributed by atoms with Gasteiger partial charge in [-0.15, -0.1) is 11.3 Å². The Bertz CT molecular complexity index is 721. The van der Waals surface area contributed by atoms with Crippen LogP contribution >= 0.6 is 11.3 Å². The Morgan fingerprint density at radius 3 is 2.95 bits per heavy atom. The topological polar surface area (TPSA) is 42.0 Å². The predicted octanol–water partition coefficient (Wildman–Crippen LogP) is 3.27. The zero-order chi connectivity index (χ0) is 13.8. The molecule has 0 spiro atoms. The molecular weight excluding hydrogens is 268 g/mol. The highest BCUT2D eigenvalue weighted by Crippen LogP contribution is 2.25. The molecule has 0 fully saturated rings. The summed E-state index contributed by atoms with van der Waals surface area (Å²) >= 11 is 1.60. The predicted molar refractivity (Wildman–Crippen MR) is 82.1 cm³/mol. The number of fused-ring (bicyclic) bond motifs is 1. The van der Waals surface area contributed by atoms with Crippen LogP contribution in [-0.2, 0) is 6.42 Å². The first-order chi connectivity index (χ1) is 9.84. The zero-order valence-corrected chi connectivity index (χ0v) is 11.7. The van der Waals surface area contributed by atoms with Gasteiger partial charge in [-0.3, -0.25) is 9.78 Å². The highest BCUT2D eigenvalue weighted by molar-refractivity contribution is 7.17. The molecule has 0 aliphatic rings. The van der Waals surface area contributed by atoms with Crippen LogP contribution in [0.1, 0.15) is 15.9 Å². The number of rotatable bonds is 4. The van der Waals surface area contributed by atoms with Crippen LogP contribution in [0.25, 0.3) is 10.1 Å². The summed E-state index contributed by atoms with van der Waals surface area (Å²) < 4.78 is 1.14. The first-order valence-corrected chi connectivity index (χ1v) is 7.36. The average molecular weight is 282 g/mol. The Hall–Kier alpha value is -2.20. The van der Waals surface area contributed by atoms with Gasteiger partial charge in [-0.2, -0.15) is 0 Å². The van der Waals surface area contributed by atoms with Crippen LogP contribution in [0.2, 0.25) is 0 Å². The van der Waals surface area contributed by atoms with Gasteiger partial charge in [0.05, 0.1) is 5.56 Å². The lowest BCUT2D eigenvalue weighted by Crippen LogP contribution is -2.25. The smallest absolute Gasteiger partial charge is 0.252 e. The number of hydrogen-bond donors (Lipinski definition) is 1. The van der Waals surface area contributed by atoms with Crippen LogP contribution in [0.3, 0.4) is 0 Å². The molecule has 0 aliphatic carbocycles. The molecule has 0 radical (unpaired) electrons. The number of nitrogens with zero attached hydrogens (tertiary/aromatic N) is 1. The van der Waals surface area contributed by atoms with Gasteiger partial charge in [0.1, 0.15) is 0 Å². The summed E-state index contributed by atoms with van der Waals surface area (Å²) in [5, 5.41) is 5.91. The molecular formula is C16H14N2OS. The standard InChI is InChI=1S/C16H14N2OS/c19-16(18-9-7-12-4-3-8-17-10-12)14-11-20-15-6-2-1-5-13(14)15/h1-6,8,10-11H,7,9H2,(H,18,19). The monoisotopic (exact) mass is 282 g/mol. The molecule has 1 amide bonds. The molecule has 20 heavy (non-hydrogen) atoms. The van der Waals surface area contributed by atoms with Gasteiger partial charge in [0.2, 0.25) is 0 Å². The summed E-state index contributed by atoms with van der Waals surface area (Å²) in [5.74, 6) is -0.00802. The Kier molecular flexibility index (Phi) is 3.74. The molecule has 2 heterocycles. The molecule has 0 atom stereocenters.